The molecule has 1 aromatic rings. The molecule has 4 nitrogen and oxygen atoms in total. The van der Waals surface area contributed by atoms with Crippen LogP contribution in [0.1, 0.15) is 13.8 Å². The first-order valence-electron chi connectivity index (χ1n) is 6.14. The van der Waals surface area contributed by atoms with Gasteiger partial charge in [-0.05, 0) is 38.1 Å². The fraction of sp³-hybridized carbons (Fsp3) is 0.357. The number of rotatable bonds is 7. The van der Waals surface area contributed by atoms with Crippen molar-refractivity contribution in [3.8, 4) is 0 Å². The van der Waals surface area contributed by atoms with Gasteiger partial charge in [0.05, 0.1) is 31.6 Å². The van der Waals surface area contributed by atoms with Gasteiger partial charge in [0.15, 0.2) is 0 Å². The number of nitrogens with one attached hydrogen (secondary N) is 1. The lowest BCUT2D eigenvalue weighted by Crippen LogP contribution is -2.16. The highest BCUT2D eigenvalue weighted by Gasteiger charge is 2.10. The van der Waals surface area contributed by atoms with Crippen molar-refractivity contribution < 1.29 is 14.3 Å². The maximum atomic E-state index is 11.7. The van der Waals surface area contributed by atoms with Crippen molar-refractivity contribution in [3.05, 3.63) is 40.6 Å². The lowest BCUT2D eigenvalue weighted by molar-refractivity contribution is -0.138. The van der Waals surface area contributed by atoms with Crippen LogP contribution in [0.2, 0.25) is 0 Å². The Morgan fingerprint density at radius 1 is 1.26 bits per heavy atom. The number of carbonyl (C=O) groups excluding carboxylic acids is 1. The minimum Gasteiger partial charge on any atom is -0.501 e. The van der Waals surface area contributed by atoms with Crippen molar-refractivity contribution in [2.24, 2.45) is 0 Å². The lowest BCUT2D eigenvalue weighted by atomic mass is 10.2. The minimum absolute atomic E-state index is 0.348. The van der Waals surface area contributed by atoms with Crippen LogP contribution in [-0.2, 0) is 14.3 Å². The molecule has 1 N–H and O–H groups in total. The normalized spacial score (nSPS) is 11.0. The van der Waals surface area contributed by atoms with Gasteiger partial charge in [0.1, 0.15) is 0 Å². The number of ether oxygens (including phenoxy) is 2. The van der Waals surface area contributed by atoms with Gasteiger partial charge in [-0.3, -0.25) is 0 Å². The van der Waals surface area contributed by atoms with Crippen LogP contribution < -0.4 is 5.32 Å². The average Bonchev–Trinajstić information content (AvgIpc) is 2.41. The molecule has 19 heavy (non-hydrogen) atoms. The molecule has 0 aliphatic rings. The van der Waals surface area contributed by atoms with Gasteiger partial charge in [0.25, 0.3) is 0 Å². The van der Waals surface area contributed by atoms with E-state index in [0.29, 0.717) is 25.3 Å². The van der Waals surface area contributed by atoms with Gasteiger partial charge >= 0.3 is 5.97 Å². The Balaban J connectivity index is 2.62. The first kappa shape index (κ1) is 15.6. The molecule has 0 radical (unpaired) electrons. The molecule has 0 spiro atoms. The molecule has 0 saturated heterocycles. The van der Waals surface area contributed by atoms with E-state index in [1.807, 2.05) is 31.2 Å². The molecule has 0 amide bonds. The molecular weight excluding hydrogens is 310 g/mol. The van der Waals surface area contributed by atoms with Crippen molar-refractivity contribution in [1.82, 2.24) is 0 Å². The van der Waals surface area contributed by atoms with E-state index in [2.05, 4.69) is 21.2 Å². The summed E-state index contributed by atoms with van der Waals surface area (Å²) in [4.78, 5) is 11.7. The zero-order chi connectivity index (χ0) is 14.1. The van der Waals surface area contributed by atoms with Gasteiger partial charge in [0, 0.05) is 10.2 Å². The summed E-state index contributed by atoms with van der Waals surface area (Å²) < 4.78 is 11.1. The Morgan fingerprint density at radius 2 is 1.95 bits per heavy atom. The highest BCUT2D eigenvalue weighted by atomic mass is 79.9. The molecule has 0 bridgehead atoms. The number of anilines is 1. The zero-order valence-electron chi connectivity index (χ0n) is 11.1. The van der Waals surface area contributed by atoms with E-state index in [0.717, 1.165) is 10.2 Å². The fourth-order valence-electron chi connectivity index (χ4n) is 1.33. The third-order valence-corrected chi connectivity index (χ3v) is 2.79. The van der Waals surface area contributed by atoms with Crippen LogP contribution in [0.15, 0.2) is 40.6 Å². The van der Waals surface area contributed by atoms with Crippen LogP contribution in [0.4, 0.5) is 5.69 Å². The minimum atomic E-state index is -0.361. The largest absolute Gasteiger partial charge is 0.501 e. The second-order valence-electron chi connectivity index (χ2n) is 3.68. The van der Waals surface area contributed by atoms with Gasteiger partial charge in [-0.1, -0.05) is 15.9 Å². The monoisotopic (exact) mass is 327 g/mol. The van der Waals surface area contributed by atoms with Crippen LogP contribution in [0.25, 0.3) is 0 Å². The van der Waals surface area contributed by atoms with E-state index in [1.54, 1.807) is 6.92 Å². The highest BCUT2D eigenvalue weighted by molar-refractivity contribution is 9.10. The third kappa shape index (κ3) is 5.79. The zero-order valence-corrected chi connectivity index (χ0v) is 12.7. The van der Waals surface area contributed by atoms with Gasteiger partial charge in [-0.15, -0.1) is 0 Å². The maximum Gasteiger partial charge on any atom is 0.338 e. The lowest BCUT2D eigenvalue weighted by Gasteiger charge is -2.10. The SMILES string of the molecule is CCO/C=C(\CNc1ccc(Br)cc1)C(=O)OCC. The summed E-state index contributed by atoms with van der Waals surface area (Å²) in [7, 11) is 0. The summed E-state index contributed by atoms with van der Waals surface area (Å²) in [5.74, 6) is -0.361. The number of carbonyl (C=O) groups is 1. The Bertz CT molecular complexity index is 429. The van der Waals surface area contributed by atoms with Crippen molar-refractivity contribution in [2.75, 3.05) is 25.1 Å². The molecule has 5 heteroatoms. The number of benzene rings is 1. The average molecular weight is 328 g/mol. The van der Waals surface area contributed by atoms with Crippen LogP contribution in [0, 0.1) is 0 Å². The molecule has 0 fully saturated rings. The first-order valence-corrected chi connectivity index (χ1v) is 6.93. The second-order valence-corrected chi connectivity index (χ2v) is 4.60. The quantitative estimate of drug-likeness (QED) is 0.474. The molecule has 0 atom stereocenters. The van der Waals surface area contributed by atoms with Crippen molar-refractivity contribution in [3.63, 3.8) is 0 Å². The van der Waals surface area contributed by atoms with Gasteiger partial charge in [-0.2, -0.15) is 0 Å². The summed E-state index contributed by atoms with van der Waals surface area (Å²) in [5.41, 5.74) is 1.39. The predicted octanol–water partition coefficient (Wildman–Crippen LogP) is 3.34. The topological polar surface area (TPSA) is 47.6 Å². The van der Waals surface area contributed by atoms with Crippen LogP contribution in [-0.4, -0.2) is 25.7 Å². The van der Waals surface area contributed by atoms with E-state index >= 15 is 0 Å². The van der Waals surface area contributed by atoms with E-state index in [-0.39, 0.29) is 5.97 Å². The Hall–Kier alpha value is -1.49. The highest BCUT2D eigenvalue weighted by Crippen LogP contribution is 2.14. The van der Waals surface area contributed by atoms with Gasteiger partial charge < -0.3 is 14.8 Å². The predicted molar refractivity (Wildman–Crippen MR) is 79.0 cm³/mol. The van der Waals surface area contributed by atoms with Crippen molar-refractivity contribution in [2.45, 2.75) is 13.8 Å². The molecular formula is C14H18BrNO3. The standard InChI is InChI=1S/C14H18BrNO3/c1-3-18-10-11(14(17)19-4-2)9-16-13-7-5-12(15)6-8-13/h5-8,10,16H,3-4,9H2,1-2H3/b11-10+. The van der Waals surface area contributed by atoms with E-state index in [9.17, 15) is 4.79 Å². The van der Waals surface area contributed by atoms with Crippen LogP contribution in [0.3, 0.4) is 0 Å². The van der Waals surface area contributed by atoms with Crippen molar-refractivity contribution in [1.29, 1.82) is 0 Å². The summed E-state index contributed by atoms with van der Waals surface area (Å²) in [6, 6.07) is 7.71. The number of halogens is 1. The van der Waals surface area contributed by atoms with Gasteiger partial charge in [-0.25, -0.2) is 4.79 Å². The molecule has 0 saturated carbocycles. The Morgan fingerprint density at radius 3 is 2.53 bits per heavy atom. The summed E-state index contributed by atoms with van der Waals surface area (Å²) in [6.07, 6.45) is 1.45. The number of hydrogen-bond donors (Lipinski definition) is 1. The molecule has 0 aliphatic carbocycles. The van der Waals surface area contributed by atoms with E-state index in [4.69, 9.17) is 9.47 Å². The molecule has 1 rings (SSSR count). The number of esters is 1. The smallest absolute Gasteiger partial charge is 0.338 e. The van der Waals surface area contributed by atoms with E-state index < -0.39 is 0 Å². The van der Waals surface area contributed by atoms with Crippen LogP contribution in [0.5, 0.6) is 0 Å². The fourth-order valence-corrected chi connectivity index (χ4v) is 1.60. The molecule has 0 aliphatic heterocycles. The molecule has 0 aromatic heterocycles. The van der Waals surface area contributed by atoms with Crippen molar-refractivity contribution >= 4 is 27.6 Å². The molecule has 1 aromatic carbocycles. The Kier molecular flexibility index (Phi) is 7.03. The molecule has 0 heterocycles. The van der Waals surface area contributed by atoms with Crippen LogP contribution >= 0.6 is 15.9 Å². The Labute approximate surface area is 121 Å². The number of hydrogen-bond acceptors (Lipinski definition) is 4. The van der Waals surface area contributed by atoms with E-state index in [1.165, 1.54) is 6.26 Å². The summed E-state index contributed by atoms with van der Waals surface area (Å²) >= 11 is 3.37. The second kappa shape index (κ2) is 8.58. The summed E-state index contributed by atoms with van der Waals surface area (Å²) in [6.45, 7) is 4.86. The molecule has 0 unspecified atom stereocenters. The maximum absolute atomic E-state index is 11.7. The third-order valence-electron chi connectivity index (χ3n) is 2.26. The summed E-state index contributed by atoms with van der Waals surface area (Å²) in [5, 5.41) is 3.15. The first-order chi connectivity index (χ1) is 9.17. The molecule has 104 valence electrons. The van der Waals surface area contributed by atoms with Gasteiger partial charge in [0.2, 0.25) is 0 Å².